The summed E-state index contributed by atoms with van der Waals surface area (Å²) in [5, 5.41) is 8.90. The molecule has 0 unspecified atom stereocenters. The van der Waals surface area contributed by atoms with Crippen molar-refractivity contribution in [1.29, 1.82) is 0 Å². The van der Waals surface area contributed by atoms with E-state index in [1.54, 1.807) is 37.2 Å². The Hall–Kier alpha value is -4.61. The van der Waals surface area contributed by atoms with Gasteiger partial charge in [-0.1, -0.05) is 99.1 Å². The highest BCUT2D eigenvalue weighted by Crippen LogP contribution is 2.31. The van der Waals surface area contributed by atoms with Gasteiger partial charge in [0.15, 0.2) is 0 Å². The van der Waals surface area contributed by atoms with Crippen molar-refractivity contribution < 1.29 is 43.0 Å². The van der Waals surface area contributed by atoms with Crippen LogP contribution in [0.15, 0.2) is 41.9 Å². The number of likely N-dealkylation sites (tertiary alicyclic amines) is 1. The molecule has 1 aromatic heterocycles. The van der Waals surface area contributed by atoms with Gasteiger partial charge >= 0.3 is 6.09 Å². The van der Waals surface area contributed by atoms with E-state index in [2.05, 4.69) is 15.6 Å². The number of nitrogens with two attached hydrogens (primary N) is 1. The zero-order valence-corrected chi connectivity index (χ0v) is 42.5. The normalized spacial score (nSPS) is 18.1. The fourth-order valence-electron chi connectivity index (χ4n) is 9.38. The Morgan fingerprint density at radius 1 is 0.894 bits per heavy atom. The number of primary amides is 1. The number of carbonyl (C=O) groups is 6. The minimum atomic E-state index is -0.987. The number of hydrogen-bond acceptors (Lipinski definition) is 11. The van der Waals surface area contributed by atoms with Crippen LogP contribution >= 0.6 is 11.3 Å². The van der Waals surface area contributed by atoms with Gasteiger partial charge in [0, 0.05) is 46.4 Å². The van der Waals surface area contributed by atoms with Gasteiger partial charge in [-0.3, -0.25) is 24.0 Å². The third-order valence-electron chi connectivity index (χ3n) is 13.0. The predicted molar refractivity (Wildman–Crippen MR) is 256 cm³/mol. The number of methoxy groups -OCH3 is 2. The molecular formula is C49H79N7O9S. The molecule has 1 saturated heterocycles. The van der Waals surface area contributed by atoms with Crippen LogP contribution in [0.3, 0.4) is 0 Å². The third-order valence-corrected chi connectivity index (χ3v) is 13.9. The lowest BCUT2D eigenvalue weighted by molar-refractivity contribution is -0.149. The molecule has 0 spiro atoms. The topological polar surface area (TPSA) is 203 Å². The Morgan fingerprint density at radius 3 is 2.09 bits per heavy atom. The molecule has 1 fully saturated rings. The average molecular weight is 942 g/mol. The van der Waals surface area contributed by atoms with E-state index in [1.165, 1.54) is 23.3 Å². The number of ether oxygens (including phenoxy) is 3. The Balaban J connectivity index is 1.81. The van der Waals surface area contributed by atoms with Gasteiger partial charge in [0.2, 0.25) is 29.5 Å². The maximum absolute atomic E-state index is 14.7. The zero-order valence-electron chi connectivity index (χ0n) is 41.7. The smallest absolute Gasteiger partial charge is 0.404 e. The van der Waals surface area contributed by atoms with Gasteiger partial charge in [-0.05, 0) is 54.9 Å². The van der Waals surface area contributed by atoms with Gasteiger partial charge in [0.05, 0.1) is 48.6 Å². The first kappa shape index (κ1) is 55.7. The lowest BCUT2D eigenvalue weighted by atomic mass is 9.89. The maximum atomic E-state index is 14.7. The molecule has 3 rings (SSSR count). The third kappa shape index (κ3) is 15.2. The maximum Gasteiger partial charge on any atom is 0.404 e. The Bertz CT molecular complexity index is 1850. The number of hydrogen-bond donors (Lipinski definition) is 3. The van der Waals surface area contributed by atoms with Crippen molar-refractivity contribution in [3.05, 3.63) is 52.5 Å². The SMILES string of the molecule is CC[C@H](C)[C@@H]([C@@H](CC(=O)N1CCC[C@H]1[C@H](OC)[C@@H](C)C(=O)N[C@@H](Cc1ccccc1)c1nccs1)OC)N(C)C(=O)[C@@H](NC(=O)[C@H](C(C)C)N(C)C(=O)[C@H](COC(N)=O)CC(C)C)C(C)C. The van der Waals surface area contributed by atoms with Crippen molar-refractivity contribution >= 4 is 47.0 Å². The number of nitrogens with zero attached hydrogens (tertiary/aromatic N) is 4. The van der Waals surface area contributed by atoms with E-state index in [-0.39, 0.29) is 72.4 Å². The van der Waals surface area contributed by atoms with Gasteiger partial charge in [-0.25, -0.2) is 9.78 Å². The van der Waals surface area contributed by atoms with Gasteiger partial charge in [-0.15, -0.1) is 11.3 Å². The van der Waals surface area contributed by atoms with Gasteiger partial charge in [-0.2, -0.15) is 0 Å². The molecule has 1 aliphatic rings. The van der Waals surface area contributed by atoms with E-state index in [9.17, 15) is 28.8 Å². The monoisotopic (exact) mass is 942 g/mol. The molecule has 6 amide bonds. The first-order valence-corrected chi connectivity index (χ1v) is 24.4. The number of rotatable bonds is 26. The summed E-state index contributed by atoms with van der Waals surface area (Å²) in [4.78, 5) is 91.9. The zero-order chi connectivity index (χ0) is 49.4. The van der Waals surface area contributed by atoms with Gasteiger partial charge < -0.3 is 45.3 Å². The van der Waals surface area contributed by atoms with Crippen LogP contribution in [0.5, 0.6) is 0 Å². The van der Waals surface area contributed by atoms with Crippen LogP contribution in [0.2, 0.25) is 0 Å². The molecule has 2 aromatic rings. The lowest BCUT2D eigenvalue weighted by Crippen LogP contribution is -2.60. The molecule has 370 valence electrons. The summed E-state index contributed by atoms with van der Waals surface area (Å²) < 4.78 is 17.2. The minimum Gasteiger partial charge on any atom is -0.449 e. The second-order valence-corrected chi connectivity index (χ2v) is 20.0. The number of benzene rings is 1. The number of nitrogens with one attached hydrogen (secondary N) is 2. The van der Waals surface area contributed by atoms with E-state index < -0.39 is 54.2 Å². The molecule has 10 atom stereocenters. The van der Waals surface area contributed by atoms with Crippen LogP contribution in [0.1, 0.15) is 111 Å². The summed E-state index contributed by atoms with van der Waals surface area (Å²) in [6.45, 7) is 17.3. The minimum absolute atomic E-state index is 0.0299. The van der Waals surface area contributed by atoms with Gasteiger partial charge in [0.25, 0.3) is 0 Å². The summed E-state index contributed by atoms with van der Waals surface area (Å²) in [6, 6.07) is 6.76. The summed E-state index contributed by atoms with van der Waals surface area (Å²) >= 11 is 1.49. The Labute approximate surface area is 397 Å². The molecule has 17 heteroatoms. The molecule has 0 aliphatic carbocycles. The number of aromatic nitrogens is 1. The van der Waals surface area contributed by atoms with Crippen molar-refractivity contribution in [2.24, 2.45) is 41.2 Å². The van der Waals surface area contributed by atoms with E-state index in [0.717, 1.165) is 17.0 Å². The summed E-state index contributed by atoms with van der Waals surface area (Å²) in [5.74, 6) is -3.61. The van der Waals surface area contributed by atoms with Crippen molar-refractivity contribution in [3.8, 4) is 0 Å². The first-order chi connectivity index (χ1) is 31.2. The van der Waals surface area contributed by atoms with E-state index in [4.69, 9.17) is 19.9 Å². The molecule has 1 aromatic carbocycles. The van der Waals surface area contributed by atoms with Crippen LogP contribution in [0.4, 0.5) is 4.79 Å². The van der Waals surface area contributed by atoms with Crippen LogP contribution in [0.25, 0.3) is 0 Å². The molecule has 16 nitrogen and oxygen atoms in total. The average Bonchev–Trinajstić information content (AvgIpc) is 4.00. The molecular weight excluding hydrogens is 863 g/mol. The van der Waals surface area contributed by atoms with Crippen LogP contribution in [-0.2, 0) is 44.6 Å². The molecule has 1 aliphatic heterocycles. The Kier molecular flexibility index (Phi) is 22.5. The van der Waals surface area contributed by atoms with Gasteiger partial charge in [0.1, 0.15) is 23.7 Å². The highest BCUT2D eigenvalue weighted by Gasteiger charge is 2.44. The van der Waals surface area contributed by atoms with Crippen LogP contribution < -0.4 is 16.4 Å². The predicted octanol–water partition coefficient (Wildman–Crippen LogP) is 5.84. The summed E-state index contributed by atoms with van der Waals surface area (Å²) in [5.41, 5.74) is 6.29. The standard InChI is InChI=1S/C49H79N7O9S/c1-14-32(8)42(55(11)48(61)40(30(4)5)53-45(59)41(31(6)7)54(10)47(60)35(25-29(2)3)28-65-49(50)62)38(63-12)27-39(57)56-23-18-21-37(56)43(64-13)33(9)44(58)52-36(46-51-22-24-66-46)26-34-19-16-15-17-20-34/h15-17,19-20,22,24,29-33,35-38,40-43H,14,18,21,23,25-28H2,1-13H3,(H2,50,62)(H,52,58)(H,53,59)/t32-,33+,35-,36-,37-,38+,40-,41-,42-,43+/m0/s1. The summed E-state index contributed by atoms with van der Waals surface area (Å²) in [6.07, 6.45) is 2.45. The fraction of sp³-hybridized carbons (Fsp3) is 0.694. The molecule has 0 bridgehead atoms. The lowest BCUT2D eigenvalue weighted by Gasteiger charge is -2.41. The number of thiazole rings is 1. The second-order valence-electron chi connectivity index (χ2n) is 19.0. The number of carbonyl (C=O) groups excluding carboxylic acids is 6. The summed E-state index contributed by atoms with van der Waals surface area (Å²) in [7, 11) is 6.33. The molecule has 4 N–H and O–H groups in total. The van der Waals surface area contributed by atoms with E-state index in [0.29, 0.717) is 32.2 Å². The first-order valence-electron chi connectivity index (χ1n) is 23.5. The van der Waals surface area contributed by atoms with Crippen molar-refractivity contribution in [1.82, 2.24) is 30.3 Å². The van der Waals surface area contributed by atoms with Crippen molar-refractivity contribution in [2.45, 2.75) is 143 Å². The Morgan fingerprint density at radius 2 is 1.56 bits per heavy atom. The molecule has 66 heavy (non-hydrogen) atoms. The quantitative estimate of drug-likeness (QED) is 0.103. The van der Waals surface area contributed by atoms with Crippen molar-refractivity contribution in [2.75, 3.05) is 41.5 Å². The molecule has 0 radical (unpaired) electrons. The van der Waals surface area contributed by atoms with Crippen LogP contribution in [-0.4, -0.2) is 133 Å². The van der Waals surface area contributed by atoms with Crippen LogP contribution in [0, 0.1) is 35.5 Å². The highest BCUT2D eigenvalue weighted by atomic mass is 32.1. The molecule has 2 heterocycles. The fourth-order valence-corrected chi connectivity index (χ4v) is 10.1. The highest BCUT2D eigenvalue weighted by molar-refractivity contribution is 7.09. The molecule has 0 saturated carbocycles. The second kappa shape index (κ2) is 26.7. The largest absolute Gasteiger partial charge is 0.449 e. The van der Waals surface area contributed by atoms with E-state index in [1.807, 2.05) is 98.0 Å². The van der Waals surface area contributed by atoms with Crippen molar-refractivity contribution in [3.63, 3.8) is 0 Å². The van der Waals surface area contributed by atoms with E-state index >= 15 is 0 Å². The number of amides is 6. The number of likely N-dealkylation sites (N-methyl/N-ethyl adjacent to an activating group) is 2.